The second-order valence-electron chi connectivity index (χ2n) is 10.0. The van der Waals surface area contributed by atoms with Crippen LogP contribution in [-0.4, -0.2) is 5.91 Å². The molecule has 1 aromatic carbocycles. The molecule has 4 fully saturated rings. The Morgan fingerprint density at radius 3 is 2.29 bits per heavy atom. The highest BCUT2D eigenvalue weighted by Crippen LogP contribution is 2.60. The first kappa shape index (κ1) is 18.2. The minimum atomic E-state index is -0.281. The van der Waals surface area contributed by atoms with Crippen LogP contribution in [0.15, 0.2) is 29.9 Å². The third kappa shape index (κ3) is 2.96. The van der Waals surface area contributed by atoms with Crippen LogP contribution in [0.2, 0.25) is 0 Å². The molecule has 4 bridgehead atoms. The van der Waals surface area contributed by atoms with Gasteiger partial charge >= 0.3 is 0 Å². The van der Waals surface area contributed by atoms with Crippen molar-refractivity contribution in [3.63, 3.8) is 0 Å². The lowest BCUT2D eigenvalue weighted by Gasteiger charge is -2.55. The summed E-state index contributed by atoms with van der Waals surface area (Å²) in [7, 11) is 0. The maximum atomic E-state index is 12.1. The van der Waals surface area contributed by atoms with E-state index in [2.05, 4.69) is 38.1 Å². The quantitative estimate of drug-likeness (QED) is 0.714. The lowest BCUT2D eigenvalue weighted by Crippen LogP contribution is -2.44. The molecule has 2 heteroatoms. The number of benzene rings is 1. The van der Waals surface area contributed by atoms with Crippen molar-refractivity contribution >= 4 is 5.91 Å². The molecule has 4 saturated carbocycles. The number of nitrogens with two attached hydrogens (primary N) is 1. The SMILES string of the molecule is Cc1c(C(N)=O)cc(CC2=CC=CCC2)c(C2C3CC4CC(C3)CC2C4)c1C. The fraction of sp³-hybridized carbons (Fsp3) is 0.577. The molecule has 6 rings (SSSR count). The summed E-state index contributed by atoms with van der Waals surface area (Å²) in [5.74, 6) is 4.10. The Morgan fingerprint density at radius 1 is 1.04 bits per heavy atom. The summed E-state index contributed by atoms with van der Waals surface area (Å²) in [6.45, 7) is 4.35. The molecular formula is C26H33NO. The van der Waals surface area contributed by atoms with Crippen molar-refractivity contribution in [1.82, 2.24) is 0 Å². The molecule has 2 N–H and O–H groups in total. The minimum absolute atomic E-state index is 0.281. The van der Waals surface area contributed by atoms with Gasteiger partial charge in [-0.1, -0.05) is 23.8 Å². The van der Waals surface area contributed by atoms with E-state index in [0.29, 0.717) is 5.92 Å². The van der Waals surface area contributed by atoms with Gasteiger partial charge in [0.2, 0.25) is 5.91 Å². The monoisotopic (exact) mass is 375 g/mol. The standard InChI is InChI=1S/C26H33NO/c1-15-16(2)24(25-20-10-18-8-19(12-20)13-21(25)11-18)22(14-23(15)26(27)28)9-17-6-4-3-5-7-17/h3-4,6,14,18-21,25H,5,7-13H2,1-2H3,(H2,27,28). The van der Waals surface area contributed by atoms with E-state index in [9.17, 15) is 4.79 Å². The van der Waals surface area contributed by atoms with Crippen LogP contribution in [0.4, 0.5) is 0 Å². The molecule has 0 saturated heterocycles. The molecule has 2 nitrogen and oxygen atoms in total. The highest BCUT2D eigenvalue weighted by atomic mass is 16.1. The molecule has 28 heavy (non-hydrogen) atoms. The summed E-state index contributed by atoms with van der Waals surface area (Å²) in [5, 5.41) is 0. The van der Waals surface area contributed by atoms with Crippen LogP contribution < -0.4 is 5.73 Å². The lowest BCUT2D eigenvalue weighted by molar-refractivity contribution is -0.00325. The largest absolute Gasteiger partial charge is 0.366 e. The van der Waals surface area contributed by atoms with E-state index >= 15 is 0 Å². The third-order valence-electron chi connectivity index (χ3n) is 8.38. The Bertz CT molecular complexity index is 847. The molecule has 0 spiro atoms. The second-order valence-corrected chi connectivity index (χ2v) is 10.0. The molecule has 5 aliphatic rings. The number of rotatable bonds is 4. The van der Waals surface area contributed by atoms with Crippen molar-refractivity contribution in [2.75, 3.05) is 0 Å². The number of carbonyl (C=O) groups is 1. The van der Waals surface area contributed by atoms with E-state index in [0.717, 1.165) is 54.1 Å². The first-order chi connectivity index (χ1) is 13.5. The van der Waals surface area contributed by atoms with Gasteiger partial charge in [-0.25, -0.2) is 0 Å². The first-order valence-corrected chi connectivity index (χ1v) is 11.3. The molecule has 1 amide bonds. The maximum Gasteiger partial charge on any atom is 0.248 e. The number of allylic oxidation sites excluding steroid dienone is 4. The van der Waals surface area contributed by atoms with E-state index in [1.54, 1.807) is 5.56 Å². The van der Waals surface area contributed by atoms with Crippen molar-refractivity contribution in [3.05, 3.63) is 57.7 Å². The summed E-state index contributed by atoms with van der Waals surface area (Å²) in [6, 6.07) is 2.16. The average Bonchev–Trinajstić information content (AvgIpc) is 2.66. The van der Waals surface area contributed by atoms with Gasteiger partial charge in [0.15, 0.2) is 0 Å². The molecule has 0 atom stereocenters. The summed E-state index contributed by atoms with van der Waals surface area (Å²) in [6.07, 6.45) is 17.2. The highest BCUT2D eigenvalue weighted by Gasteiger charge is 2.49. The van der Waals surface area contributed by atoms with E-state index in [-0.39, 0.29) is 5.91 Å². The fourth-order valence-corrected chi connectivity index (χ4v) is 7.31. The van der Waals surface area contributed by atoms with Crippen molar-refractivity contribution < 1.29 is 4.79 Å². The van der Waals surface area contributed by atoms with Gasteiger partial charge in [-0.2, -0.15) is 0 Å². The Kier molecular flexibility index (Phi) is 4.49. The fourth-order valence-electron chi connectivity index (χ4n) is 7.31. The zero-order chi connectivity index (χ0) is 19.4. The molecule has 5 aliphatic carbocycles. The molecule has 0 aromatic heterocycles. The minimum Gasteiger partial charge on any atom is -0.366 e. The van der Waals surface area contributed by atoms with Crippen LogP contribution in [-0.2, 0) is 6.42 Å². The van der Waals surface area contributed by atoms with Gasteiger partial charge < -0.3 is 5.73 Å². The molecule has 0 aliphatic heterocycles. The zero-order valence-corrected chi connectivity index (χ0v) is 17.3. The molecule has 0 radical (unpaired) electrons. The lowest BCUT2D eigenvalue weighted by atomic mass is 9.50. The van der Waals surface area contributed by atoms with Crippen LogP contribution in [0.3, 0.4) is 0 Å². The van der Waals surface area contributed by atoms with Crippen molar-refractivity contribution in [2.45, 2.75) is 71.1 Å². The Labute approximate surface area is 169 Å². The Hall–Kier alpha value is -1.83. The van der Waals surface area contributed by atoms with Crippen LogP contribution in [0.1, 0.15) is 83.5 Å². The second kappa shape index (κ2) is 6.90. The summed E-state index contributed by atoms with van der Waals surface area (Å²) < 4.78 is 0. The van der Waals surface area contributed by atoms with Gasteiger partial charge in [0, 0.05) is 5.56 Å². The first-order valence-electron chi connectivity index (χ1n) is 11.3. The topological polar surface area (TPSA) is 43.1 Å². The van der Waals surface area contributed by atoms with Crippen molar-refractivity contribution in [1.29, 1.82) is 0 Å². The highest BCUT2D eigenvalue weighted by molar-refractivity contribution is 5.95. The Morgan fingerprint density at radius 2 is 1.71 bits per heavy atom. The smallest absolute Gasteiger partial charge is 0.248 e. The number of hydrogen-bond donors (Lipinski definition) is 1. The van der Waals surface area contributed by atoms with Crippen LogP contribution in [0.5, 0.6) is 0 Å². The molecule has 1 aromatic rings. The van der Waals surface area contributed by atoms with Gasteiger partial charge in [0.25, 0.3) is 0 Å². The summed E-state index contributed by atoms with van der Waals surface area (Å²) in [4.78, 5) is 12.1. The predicted molar refractivity (Wildman–Crippen MR) is 114 cm³/mol. The predicted octanol–water partition coefficient (Wildman–Crippen LogP) is 5.76. The molecular weight excluding hydrogens is 342 g/mol. The van der Waals surface area contributed by atoms with Crippen molar-refractivity contribution in [3.8, 4) is 0 Å². The van der Waals surface area contributed by atoms with E-state index in [1.807, 2.05) is 0 Å². The van der Waals surface area contributed by atoms with E-state index in [4.69, 9.17) is 5.73 Å². The molecule has 148 valence electrons. The van der Waals surface area contributed by atoms with Crippen LogP contribution >= 0.6 is 0 Å². The maximum absolute atomic E-state index is 12.1. The summed E-state index contributed by atoms with van der Waals surface area (Å²) in [5.41, 5.74) is 13.4. The Balaban J connectivity index is 1.61. The average molecular weight is 376 g/mol. The van der Waals surface area contributed by atoms with Crippen LogP contribution in [0.25, 0.3) is 0 Å². The normalized spacial score (nSPS) is 33.2. The van der Waals surface area contributed by atoms with Gasteiger partial charge in [0.05, 0.1) is 0 Å². The number of hydrogen-bond acceptors (Lipinski definition) is 1. The van der Waals surface area contributed by atoms with Gasteiger partial charge in [0.1, 0.15) is 0 Å². The van der Waals surface area contributed by atoms with E-state index < -0.39 is 0 Å². The van der Waals surface area contributed by atoms with Gasteiger partial charge in [-0.3, -0.25) is 4.79 Å². The number of carbonyl (C=O) groups excluding carboxylic acids is 1. The molecule has 0 unspecified atom stereocenters. The van der Waals surface area contributed by atoms with Gasteiger partial charge in [-0.15, -0.1) is 0 Å². The summed E-state index contributed by atoms with van der Waals surface area (Å²) >= 11 is 0. The van der Waals surface area contributed by atoms with Crippen molar-refractivity contribution in [2.24, 2.45) is 29.4 Å². The van der Waals surface area contributed by atoms with Gasteiger partial charge in [-0.05, 0) is 123 Å². The zero-order valence-electron chi connectivity index (χ0n) is 17.3. The number of amides is 1. The van der Waals surface area contributed by atoms with E-state index in [1.165, 1.54) is 48.8 Å². The molecule has 0 heterocycles. The van der Waals surface area contributed by atoms with Crippen LogP contribution in [0, 0.1) is 37.5 Å². The third-order valence-corrected chi connectivity index (χ3v) is 8.38. The number of primary amides is 1.